The average molecular weight is 375 g/mol. The van der Waals surface area contributed by atoms with Crippen molar-refractivity contribution in [2.75, 3.05) is 0 Å². The lowest BCUT2D eigenvalue weighted by molar-refractivity contribution is 0.445. The van der Waals surface area contributed by atoms with Gasteiger partial charge in [-0.25, -0.2) is 0 Å². The Bertz CT molecular complexity index is 992. The lowest BCUT2D eigenvalue weighted by atomic mass is 9.92. The number of aryl methyl sites for hydroxylation is 1. The van der Waals surface area contributed by atoms with Crippen molar-refractivity contribution in [3.05, 3.63) is 82.4 Å². The van der Waals surface area contributed by atoms with Crippen LogP contribution in [0.5, 0.6) is 0 Å². The Morgan fingerprint density at radius 2 is 2.07 bits per heavy atom. The molecule has 4 rings (SSSR count). The smallest absolute Gasteiger partial charge is 0.0998 e. The summed E-state index contributed by atoms with van der Waals surface area (Å²) in [6.45, 7) is 0.675. The van der Waals surface area contributed by atoms with Crippen LogP contribution in [0, 0.1) is 11.3 Å². The molecule has 0 bridgehead atoms. The van der Waals surface area contributed by atoms with Crippen molar-refractivity contribution in [1.82, 2.24) is 15.3 Å². The van der Waals surface area contributed by atoms with E-state index in [0.717, 1.165) is 35.4 Å². The number of hydrogen-bond donors (Lipinski definition) is 1. The van der Waals surface area contributed by atoms with Gasteiger partial charge in [0, 0.05) is 35.1 Å². The van der Waals surface area contributed by atoms with Crippen LogP contribution in [0.3, 0.4) is 0 Å². The fourth-order valence-electron chi connectivity index (χ4n) is 3.62. The topological polar surface area (TPSA) is 61.6 Å². The van der Waals surface area contributed by atoms with Crippen LogP contribution in [0.2, 0.25) is 5.02 Å². The Balaban J connectivity index is 1.49. The van der Waals surface area contributed by atoms with Crippen LogP contribution >= 0.6 is 11.6 Å². The van der Waals surface area contributed by atoms with Crippen LogP contribution in [0.15, 0.2) is 54.9 Å². The predicted molar refractivity (Wildman–Crippen MR) is 106 cm³/mol. The van der Waals surface area contributed by atoms with E-state index in [1.54, 1.807) is 24.4 Å². The van der Waals surface area contributed by atoms with Gasteiger partial charge in [-0.15, -0.1) is 0 Å². The first-order valence-corrected chi connectivity index (χ1v) is 9.45. The molecule has 4 nitrogen and oxygen atoms in total. The van der Waals surface area contributed by atoms with E-state index in [1.807, 2.05) is 24.4 Å². The Labute approximate surface area is 163 Å². The molecule has 2 heterocycles. The van der Waals surface area contributed by atoms with Crippen molar-refractivity contribution < 1.29 is 0 Å². The molecule has 5 heteroatoms. The molecular weight excluding hydrogens is 356 g/mol. The molecule has 1 atom stereocenters. The highest BCUT2D eigenvalue weighted by molar-refractivity contribution is 6.33. The quantitative estimate of drug-likeness (QED) is 0.710. The van der Waals surface area contributed by atoms with E-state index in [1.165, 1.54) is 12.0 Å². The van der Waals surface area contributed by atoms with Gasteiger partial charge in [-0.2, -0.15) is 5.26 Å². The van der Waals surface area contributed by atoms with Crippen LogP contribution in [-0.4, -0.2) is 9.97 Å². The van der Waals surface area contributed by atoms with Gasteiger partial charge in [0.15, 0.2) is 0 Å². The van der Waals surface area contributed by atoms with Gasteiger partial charge < -0.3 is 5.32 Å². The van der Waals surface area contributed by atoms with Gasteiger partial charge in [0.1, 0.15) is 0 Å². The van der Waals surface area contributed by atoms with Gasteiger partial charge in [-0.1, -0.05) is 29.8 Å². The van der Waals surface area contributed by atoms with Crippen molar-refractivity contribution in [3.63, 3.8) is 0 Å². The summed E-state index contributed by atoms with van der Waals surface area (Å²) < 4.78 is 0. The van der Waals surface area contributed by atoms with Gasteiger partial charge in [-0.3, -0.25) is 9.97 Å². The number of hydrogen-bond acceptors (Lipinski definition) is 4. The molecule has 1 aliphatic carbocycles. The fraction of sp³-hybridized carbons (Fsp3) is 0.227. The minimum absolute atomic E-state index is 0.269. The first kappa shape index (κ1) is 17.7. The van der Waals surface area contributed by atoms with Crippen molar-refractivity contribution in [2.24, 2.45) is 0 Å². The molecule has 134 valence electrons. The largest absolute Gasteiger partial charge is 0.303 e. The number of nitrogens with one attached hydrogen (secondary N) is 1. The first-order chi connectivity index (χ1) is 13.3. The van der Waals surface area contributed by atoms with Crippen molar-refractivity contribution in [1.29, 1.82) is 5.26 Å². The number of benzene rings is 1. The van der Waals surface area contributed by atoms with Gasteiger partial charge in [0.2, 0.25) is 0 Å². The number of aromatic nitrogens is 2. The lowest BCUT2D eigenvalue weighted by Crippen LogP contribution is -2.26. The minimum atomic E-state index is 0.269. The first-order valence-electron chi connectivity index (χ1n) is 9.07. The van der Waals surface area contributed by atoms with Crippen LogP contribution in [0.1, 0.15) is 41.4 Å². The van der Waals surface area contributed by atoms with E-state index >= 15 is 0 Å². The summed E-state index contributed by atoms with van der Waals surface area (Å²) >= 11 is 6.29. The third kappa shape index (κ3) is 3.71. The third-order valence-corrected chi connectivity index (χ3v) is 5.29. The Morgan fingerprint density at radius 3 is 2.89 bits per heavy atom. The number of rotatable bonds is 4. The summed E-state index contributed by atoms with van der Waals surface area (Å²) in [6.07, 6.45) is 7.02. The van der Waals surface area contributed by atoms with E-state index in [2.05, 4.69) is 27.4 Å². The van der Waals surface area contributed by atoms with Crippen molar-refractivity contribution in [2.45, 2.75) is 31.8 Å². The zero-order valence-electron chi connectivity index (χ0n) is 14.8. The lowest BCUT2D eigenvalue weighted by Gasteiger charge is -2.25. The highest BCUT2D eigenvalue weighted by Crippen LogP contribution is 2.31. The molecule has 1 aromatic carbocycles. The van der Waals surface area contributed by atoms with Crippen LogP contribution < -0.4 is 5.32 Å². The summed E-state index contributed by atoms with van der Waals surface area (Å²) in [5.41, 5.74) is 5.60. The second-order valence-corrected chi connectivity index (χ2v) is 7.09. The number of nitrogens with zero attached hydrogens (tertiary/aromatic N) is 3. The molecule has 3 aromatic rings. The molecule has 0 aliphatic heterocycles. The third-order valence-electron chi connectivity index (χ3n) is 4.97. The van der Waals surface area contributed by atoms with Gasteiger partial charge >= 0.3 is 0 Å². The molecule has 0 fully saturated rings. The van der Waals surface area contributed by atoms with E-state index in [-0.39, 0.29) is 6.04 Å². The van der Waals surface area contributed by atoms with E-state index in [4.69, 9.17) is 11.6 Å². The Morgan fingerprint density at radius 1 is 1.15 bits per heavy atom. The maximum atomic E-state index is 9.32. The molecule has 0 spiro atoms. The summed E-state index contributed by atoms with van der Waals surface area (Å²) in [7, 11) is 0. The van der Waals surface area contributed by atoms with E-state index in [9.17, 15) is 5.26 Å². The summed E-state index contributed by atoms with van der Waals surface area (Å²) in [5.74, 6) is 0. The molecule has 1 unspecified atom stereocenters. The van der Waals surface area contributed by atoms with Crippen LogP contribution in [0.25, 0.3) is 11.1 Å². The summed E-state index contributed by atoms with van der Waals surface area (Å²) in [6, 6.07) is 15.9. The number of fused-ring (bicyclic) bond motifs is 1. The molecule has 0 saturated heterocycles. The zero-order chi connectivity index (χ0) is 18.6. The van der Waals surface area contributed by atoms with Crippen molar-refractivity contribution in [3.8, 4) is 17.2 Å². The maximum absolute atomic E-state index is 9.32. The standard InChI is InChI=1S/C22H19ClN4/c23-19-7-1-5-16(12-24)21(19)17-9-10-18(26-13-17)14-27-20-8-2-4-15-6-3-11-25-22(15)20/h1,3,5-7,9-11,13,20,27H,2,4,8,14H2. The molecule has 0 radical (unpaired) electrons. The molecular formula is C22H19ClN4. The summed E-state index contributed by atoms with van der Waals surface area (Å²) in [4.78, 5) is 9.13. The number of pyridine rings is 2. The van der Waals surface area contributed by atoms with Crippen molar-refractivity contribution >= 4 is 11.6 Å². The molecule has 1 aliphatic rings. The van der Waals surface area contributed by atoms with Gasteiger partial charge in [0.05, 0.1) is 29.1 Å². The van der Waals surface area contributed by atoms with Gasteiger partial charge in [0.25, 0.3) is 0 Å². The van der Waals surface area contributed by atoms with E-state index < -0.39 is 0 Å². The number of halogens is 1. The molecule has 0 saturated carbocycles. The molecule has 2 aromatic heterocycles. The average Bonchev–Trinajstić information content (AvgIpc) is 2.72. The highest BCUT2D eigenvalue weighted by Gasteiger charge is 2.20. The van der Waals surface area contributed by atoms with E-state index in [0.29, 0.717) is 17.1 Å². The second-order valence-electron chi connectivity index (χ2n) is 6.69. The SMILES string of the molecule is N#Cc1cccc(Cl)c1-c1ccc(CNC2CCCc3cccnc32)nc1. The van der Waals surface area contributed by atoms with Crippen LogP contribution in [0.4, 0.5) is 0 Å². The monoisotopic (exact) mass is 374 g/mol. The molecule has 1 N–H and O–H groups in total. The molecule has 27 heavy (non-hydrogen) atoms. The van der Waals surface area contributed by atoms with Crippen LogP contribution in [-0.2, 0) is 13.0 Å². The van der Waals surface area contributed by atoms with Gasteiger partial charge in [-0.05, 0) is 49.1 Å². The highest BCUT2D eigenvalue weighted by atomic mass is 35.5. The number of nitriles is 1. The Kier molecular flexibility index (Phi) is 5.15. The molecule has 0 amide bonds. The fourth-order valence-corrected chi connectivity index (χ4v) is 3.91. The Hall–Kier alpha value is -2.74. The summed E-state index contributed by atoms with van der Waals surface area (Å²) in [5, 5.41) is 13.5. The minimum Gasteiger partial charge on any atom is -0.303 e. The predicted octanol–water partition coefficient (Wildman–Crippen LogP) is 4.84. The maximum Gasteiger partial charge on any atom is 0.0998 e. The second kappa shape index (κ2) is 7.87. The zero-order valence-corrected chi connectivity index (χ0v) is 15.6. The normalized spacial score (nSPS) is 15.8.